The van der Waals surface area contributed by atoms with E-state index in [-0.39, 0.29) is 37.1 Å². The summed E-state index contributed by atoms with van der Waals surface area (Å²) in [5, 5.41) is 26.8. The number of carbonyl (C=O) groups is 2. The summed E-state index contributed by atoms with van der Waals surface area (Å²) in [7, 11) is 0. The Morgan fingerprint density at radius 3 is 2.43 bits per heavy atom. The average Bonchev–Trinajstić information content (AvgIpc) is 3.00. The van der Waals surface area contributed by atoms with Gasteiger partial charge >= 0.3 is 0 Å². The molecular formula is C35H43F2N3O4. The lowest BCUT2D eigenvalue weighted by Gasteiger charge is -2.35. The highest BCUT2D eigenvalue weighted by molar-refractivity contribution is 6.00. The van der Waals surface area contributed by atoms with Gasteiger partial charge < -0.3 is 25.7 Å². The van der Waals surface area contributed by atoms with Crippen molar-refractivity contribution in [1.29, 1.82) is 0 Å². The molecular weight excluding hydrogens is 564 g/mol. The molecule has 0 bridgehead atoms. The third-order valence-electron chi connectivity index (χ3n) is 8.18. The molecule has 9 heteroatoms. The predicted molar refractivity (Wildman–Crippen MR) is 166 cm³/mol. The normalized spacial score (nSPS) is 16.4. The van der Waals surface area contributed by atoms with Crippen LogP contribution in [-0.2, 0) is 19.4 Å². The lowest BCUT2D eigenvalue weighted by atomic mass is 9.97. The van der Waals surface area contributed by atoms with Crippen molar-refractivity contribution in [2.24, 2.45) is 0 Å². The van der Waals surface area contributed by atoms with Crippen LogP contribution in [0.5, 0.6) is 0 Å². The number of halogens is 2. The van der Waals surface area contributed by atoms with Crippen molar-refractivity contribution in [3.05, 3.63) is 106 Å². The van der Waals surface area contributed by atoms with E-state index in [1.54, 1.807) is 30.0 Å². The zero-order chi connectivity index (χ0) is 31.6. The van der Waals surface area contributed by atoms with Crippen molar-refractivity contribution in [2.75, 3.05) is 19.7 Å². The molecule has 0 radical (unpaired) electrons. The number of amides is 2. The lowest BCUT2D eigenvalue weighted by molar-refractivity contribution is 0.0574. The summed E-state index contributed by atoms with van der Waals surface area (Å²) < 4.78 is 28.0. The number of hydrogen-bond donors (Lipinski definition) is 4. The van der Waals surface area contributed by atoms with E-state index in [0.29, 0.717) is 30.6 Å². The third-order valence-corrected chi connectivity index (χ3v) is 8.18. The molecule has 4 N–H and O–H groups in total. The van der Waals surface area contributed by atoms with E-state index < -0.39 is 29.7 Å². The van der Waals surface area contributed by atoms with Crippen LogP contribution in [0.25, 0.3) is 0 Å². The molecule has 3 aromatic rings. The maximum Gasteiger partial charge on any atom is 0.254 e. The van der Waals surface area contributed by atoms with Gasteiger partial charge in [0.25, 0.3) is 11.8 Å². The van der Waals surface area contributed by atoms with Crippen LogP contribution in [0.4, 0.5) is 8.78 Å². The molecule has 0 spiro atoms. The van der Waals surface area contributed by atoms with Gasteiger partial charge in [-0.3, -0.25) is 9.59 Å². The quantitative estimate of drug-likeness (QED) is 0.226. The van der Waals surface area contributed by atoms with Crippen molar-refractivity contribution < 1.29 is 28.6 Å². The number of benzene rings is 3. The largest absolute Gasteiger partial charge is 0.396 e. The van der Waals surface area contributed by atoms with E-state index in [2.05, 4.69) is 23.6 Å². The first kappa shape index (κ1) is 33.2. The van der Waals surface area contributed by atoms with Gasteiger partial charge in [-0.1, -0.05) is 31.2 Å². The number of aryl methyl sites for hydroxylation is 2. The Bertz CT molecular complexity index is 1410. The van der Waals surface area contributed by atoms with Gasteiger partial charge in [-0.2, -0.15) is 0 Å². The van der Waals surface area contributed by atoms with Crippen molar-refractivity contribution in [2.45, 2.75) is 77.1 Å². The molecule has 1 aliphatic rings. The Hall–Kier alpha value is -3.66. The van der Waals surface area contributed by atoms with Crippen LogP contribution in [0.15, 0.2) is 60.7 Å². The van der Waals surface area contributed by atoms with E-state index >= 15 is 0 Å². The minimum atomic E-state index is -1.09. The van der Waals surface area contributed by atoms with E-state index in [1.165, 1.54) is 17.7 Å². The molecule has 3 atom stereocenters. The van der Waals surface area contributed by atoms with Gasteiger partial charge in [0.05, 0.1) is 12.1 Å². The van der Waals surface area contributed by atoms with Gasteiger partial charge in [0.1, 0.15) is 11.6 Å². The molecule has 4 rings (SSSR count). The van der Waals surface area contributed by atoms with E-state index in [9.17, 15) is 28.6 Å². The maximum atomic E-state index is 14.0. The summed E-state index contributed by atoms with van der Waals surface area (Å²) in [4.78, 5) is 28.9. The molecule has 236 valence electrons. The van der Waals surface area contributed by atoms with Crippen LogP contribution in [0.2, 0.25) is 0 Å². The Kier molecular flexibility index (Phi) is 12.0. The standard InChI is InChI=1S/C35H43F2N3O4/c1-3-24-7-6-8-25(15-24)21-38-22-33(42)32(18-26-16-29(36)20-30(37)17-26)39-34(43)27-13-23(2)14-28(19-27)35(44)40-11-5-4-9-31(40)10-12-41/h6-8,13-17,19-20,31-33,38,41-42H,3-5,9-12,18,21-22H2,1-2H3,(H,39,43)/t31?,32-,33+/m0/s1. The number of hydrogen-bond acceptors (Lipinski definition) is 5. The first-order valence-electron chi connectivity index (χ1n) is 15.4. The van der Waals surface area contributed by atoms with Crippen molar-refractivity contribution in [3.8, 4) is 0 Å². The molecule has 1 aliphatic heterocycles. The molecule has 1 unspecified atom stereocenters. The Morgan fingerprint density at radius 2 is 1.70 bits per heavy atom. The Balaban J connectivity index is 1.51. The number of carbonyl (C=O) groups excluding carboxylic acids is 2. The fraction of sp³-hybridized carbons (Fsp3) is 0.429. The van der Waals surface area contributed by atoms with Gasteiger partial charge in [-0.15, -0.1) is 0 Å². The molecule has 0 aliphatic carbocycles. The predicted octanol–water partition coefficient (Wildman–Crippen LogP) is 4.70. The Labute approximate surface area is 258 Å². The summed E-state index contributed by atoms with van der Waals surface area (Å²) in [6.07, 6.45) is 3.01. The van der Waals surface area contributed by atoms with Crippen molar-refractivity contribution >= 4 is 11.8 Å². The highest BCUT2D eigenvalue weighted by Gasteiger charge is 2.28. The summed E-state index contributed by atoms with van der Waals surface area (Å²) in [6.45, 7) is 5.08. The van der Waals surface area contributed by atoms with E-state index in [0.717, 1.165) is 42.9 Å². The smallest absolute Gasteiger partial charge is 0.254 e. The first-order valence-corrected chi connectivity index (χ1v) is 15.4. The highest BCUT2D eigenvalue weighted by Crippen LogP contribution is 2.23. The molecule has 1 heterocycles. The van der Waals surface area contributed by atoms with Gasteiger partial charge in [0.2, 0.25) is 0 Å². The number of nitrogens with zero attached hydrogens (tertiary/aromatic N) is 1. The lowest BCUT2D eigenvalue weighted by Crippen LogP contribution is -2.48. The minimum absolute atomic E-state index is 0.00513. The summed E-state index contributed by atoms with van der Waals surface area (Å²) in [5.41, 5.74) is 3.88. The monoisotopic (exact) mass is 607 g/mol. The first-order chi connectivity index (χ1) is 21.2. The zero-order valence-corrected chi connectivity index (χ0v) is 25.5. The van der Waals surface area contributed by atoms with Crippen LogP contribution >= 0.6 is 0 Å². The van der Waals surface area contributed by atoms with Crippen LogP contribution in [0, 0.1) is 18.6 Å². The van der Waals surface area contributed by atoms with Crippen LogP contribution < -0.4 is 10.6 Å². The van der Waals surface area contributed by atoms with Gasteiger partial charge in [-0.25, -0.2) is 8.78 Å². The third kappa shape index (κ3) is 9.17. The van der Waals surface area contributed by atoms with Crippen molar-refractivity contribution in [1.82, 2.24) is 15.5 Å². The fourth-order valence-electron chi connectivity index (χ4n) is 5.90. The SMILES string of the molecule is CCc1cccc(CNC[C@@H](O)[C@H](Cc2cc(F)cc(F)c2)NC(=O)c2cc(C)cc(C(=O)N3CCCCC3CCO)c2)c1. The average molecular weight is 608 g/mol. The maximum absolute atomic E-state index is 14.0. The summed E-state index contributed by atoms with van der Waals surface area (Å²) >= 11 is 0. The summed E-state index contributed by atoms with van der Waals surface area (Å²) in [6, 6.07) is 15.3. The Morgan fingerprint density at radius 1 is 0.977 bits per heavy atom. The molecule has 7 nitrogen and oxygen atoms in total. The number of aliphatic hydroxyl groups excluding tert-OH is 2. The molecule has 3 aromatic carbocycles. The van der Waals surface area contributed by atoms with Crippen LogP contribution in [0.3, 0.4) is 0 Å². The van der Waals surface area contributed by atoms with Crippen molar-refractivity contribution in [3.63, 3.8) is 0 Å². The van der Waals surface area contributed by atoms with E-state index in [4.69, 9.17) is 0 Å². The fourth-order valence-corrected chi connectivity index (χ4v) is 5.90. The summed E-state index contributed by atoms with van der Waals surface area (Å²) in [5.74, 6) is -2.19. The molecule has 0 aromatic heterocycles. The molecule has 0 saturated carbocycles. The highest BCUT2D eigenvalue weighted by atomic mass is 19.1. The van der Waals surface area contributed by atoms with Crippen LogP contribution in [0.1, 0.15) is 75.6 Å². The zero-order valence-electron chi connectivity index (χ0n) is 25.5. The number of rotatable bonds is 13. The molecule has 2 amide bonds. The van der Waals surface area contributed by atoms with Gasteiger partial charge in [-0.05, 0) is 98.0 Å². The second-order valence-electron chi connectivity index (χ2n) is 11.7. The van der Waals surface area contributed by atoms with Gasteiger partial charge in [0.15, 0.2) is 0 Å². The van der Waals surface area contributed by atoms with Crippen LogP contribution in [-0.4, -0.2) is 64.8 Å². The second-order valence-corrected chi connectivity index (χ2v) is 11.7. The molecule has 1 saturated heterocycles. The van der Waals surface area contributed by atoms with E-state index in [1.807, 2.05) is 18.2 Å². The second kappa shape index (κ2) is 15.9. The minimum Gasteiger partial charge on any atom is -0.396 e. The number of likely N-dealkylation sites (tertiary alicyclic amines) is 1. The number of aliphatic hydroxyl groups is 2. The number of piperidine rings is 1. The van der Waals surface area contributed by atoms with Gasteiger partial charge in [0, 0.05) is 49.5 Å². The molecule has 1 fully saturated rings. The number of nitrogens with one attached hydrogen (secondary N) is 2. The topological polar surface area (TPSA) is 102 Å². The molecule has 44 heavy (non-hydrogen) atoms.